The van der Waals surface area contributed by atoms with Crippen LogP contribution in [0.1, 0.15) is 23.6 Å². The second kappa shape index (κ2) is 4.25. The van der Waals surface area contributed by atoms with Crippen molar-refractivity contribution in [2.45, 2.75) is 20.3 Å². The van der Waals surface area contributed by atoms with Crippen molar-refractivity contribution >= 4 is 28.3 Å². The summed E-state index contributed by atoms with van der Waals surface area (Å²) < 4.78 is 1.94. The van der Waals surface area contributed by atoms with Crippen molar-refractivity contribution in [1.82, 2.24) is 9.38 Å². The average Bonchev–Trinajstić information content (AvgIpc) is 2.79. The number of nitriles is 1. The molecule has 2 heterocycles. The maximum atomic E-state index is 9.41. The van der Waals surface area contributed by atoms with Crippen LogP contribution in [-0.2, 0) is 6.42 Å². The molecule has 0 spiro atoms. The van der Waals surface area contributed by atoms with E-state index in [1.807, 2.05) is 42.6 Å². The van der Waals surface area contributed by atoms with E-state index in [0.717, 1.165) is 28.7 Å². The first-order valence-corrected chi connectivity index (χ1v) is 6.54. The summed E-state index contributed by atoms with van der Waals surface area (Å²) in [5.74, 6) is 0. The van der Waals surface area contributed by atoms with Gasteiger partial charge in [-0.1, -0.05) is 24.6 Å². The Morgan fingerprint density at radius 2 is 2.21 bits per heavy atom. The molecule has 0 aliphatic rings. The summed E-state index contributed by atoms with van der Waals surface area (Å²) in [5, 5.41) is 10.1. The fraction of sp³-hybridized carbons (Fsp3) is 0.200. The maximum Gasteiger partial charge on any atom is 0.138 e. The van der Waals surface area contributed by atoms with Crippen LogP contribution in [0.5, 0.6) is 0 Å². The molecule has 0 saturated carbocycles. The van der Waals surface area contributed by atoms with Gasteiger partial charge in [0.1, 0.15) is 17.2 Å². The van der Waals surface area contributed by atoms with Crippen LogP contribution in [0.25, 0.3) is 16.7 Å². The summed E-state index contributed by atoms with van der Waals surface area (Å²) in [7, 11) is 0. The van der Waals surface area contributed by atoms with Gasteiger partial charge in [0.25, 0.3) is 0 Å². The lowest BCUT2D eigenvalue weighted by Gasteiger charge is -2.09. The first-order valence-electron chi connectivity index (χ1n) is 6.16. The number of rotatable bonds is 1. The van der Waals surface area contributed by atoms with Gasteiger partial charge in [-0.3, -0.25) is 4.40 Å². The molecular formula is C15H12ClN3. The Balaban J connectivity index is 2.65. The van der Waals surface area contributed by atoms with Crippen LogP contribution in [0.3, 0.4) is 0 Å². The van der Waals surface area contributed by atoms with Crippen molar-refractivity contribution in [3.05, 3.63) is 46.1 Å². The lowest BCUT2D eigenvalue weighted by molar-refractivity contribution is 1.11. The minimum Gasteiger partial charge on any atom is -0.298 e. The monoisotopic (exact) mass is 269 g/mol. The van der Waals surface area contributed by atoms with Gasteiger partial charge in [0.15, 0.2) is 0 Å². The lowest BCUT2D eigenvalue weighted by atomic mass is 9.99. The van der Waals surface area contributed by atoms with Crippen LogP contribution in [-0.4, -0.2) is 9.38 Å². The molecule has 0 amide bonds. The molecule has 0 radical (unpaired) electrons. The zero-order valence-corrected chi connectivity index (χ0v) is 11.5. The number of imidazole rings is 1. The van der Waals surface area contributed by atoms with Crippen LogP contribution in [0.15, 0.2) is 24.4 Å². The standard InChI is InChI=1S/C15H12ClN3/c1-3-10-9(2)11(8-17)14-15(13(10)16)19-7-5-4-6-12(19)18-14/h4-7H,3H2,1-2H3. The number of halogens is 1. The number of pyridine rings is 1. The molecule has 3 aromatic rings. The summed E-state index contributed by atoms with van der Waals surface area (Å²) in [5.41, 5.74) is 4.91. The van der Waals surface area contributed by atoms with Gasteiger partial charge < -0.3 is 0 Å². The molecule has 19 heavy (non-hydrogen) atoms. The van der Waals surface area contributed by atoms with Gasteiger partial charge in [0.2, 0.25) is 0 Å². The normalized spacial score (nSPS) is 11.1. The molecule has 3 nitrogen and oxygen atoms in total. The summed E-state index contributed by atoms with van der Waals surface area (Å²) in [6.45, 7) is 3.98. The molecular weight excluding hydrogens is 258 g/mol. The van der Waals surface area contributed by atoms with Crippen molar-refractivity contribution in [3.63, 3.8) is 0 Å². The van der Waals surface area contributed by atoms with E-state index in [0.29, 0.717) is 16.1 Å². The predicted molar refractivity (Wildman–Crippen MR) is 76.5 cm³/mol. The van der Waals surface area contributed by atoms with Crippen LogP contribution >= 0.6 is 11.6 Å². The second-order valence-corrected chi connectivity index (χ2v) is 4.87. The van der Waals surface area contributed by atoms with Crippen molar-refractivity contribution in [3.8, 4) is 6.07 Å². The maximum absolute atomic E-state index is 9.41. The lowest BCUT2D eigenvalue weighted by Crippen LogP contribution is -1.96. The van der Waals surface area contributed by atoms with Gasteiger partial charge in [-0.25, -0.2) is 4.98 Å². The smallest absolute Gasteiger partial charge is 0.138 e. The Hall–Kier alpha value is -2.05. The molecule has 0 aliphatic heterocycles. The zero-order chi connectivity index (χ0) is 13.6. The van der Waals surface area contributed by atoms with Gasteiger partial charge in [-0.05, 0) is 36.6 Å². The van der Waals surface area contributed by atoms with Gasteiger partial charge in [-0.2, -0.15) is 5.26 Å². The van der Waals surface area contributed by atoms with E-state index < -0.39 is 0 Å². The van der Waals surface area contributed by atoms with E-state index >= 15 is 0 Å². The van der Waals surface area contributed by atoms with Gasteiger partial charge in [0, 0.05) is 6.20 Å². The number of nitrogens with zero attached hydrogens (tertiary/aromatic N) is 3. The fourth-order valence-corrected chi connectivity index (χ4v) is 3.03. The number of fused-ring (bicyclic) bond motifs is 3. The van der Waals surface area contributed by atoms with Crippen LogP contribution in [0.2, 0.25) is 5.02 Å². The molecule has 0 bridgehead atoms. The number of aromatic nitrogens is 2. The van der Waals surface area contributed by atoms with Gasteiger partial charge in [0.05, 0.1) is 16.1 Å². The third-order valence-electron chi connectivity index (χ3n) is 3.53. The highest BCUT2D eigenvalue weighted by Crippen LogP contribution is 2.34. The van der Waals surface area contributed by atoms with Crippen LogP contribution in [0.4, 0.5) is 0 Å². The zero-order valence-electron chi connectivity index (χ0n) is 10.7. The van der Waals surface area contributed by atoms with Crippen LogP contribution in [0, 0.1) is 18.3 Å². The first-order chi connectivity index (χ1) is 9.19. The number of benzene rings is 1. The summed E-state index contributed by atoms with van der Waals surface area (Å²) in [6, 6.07) is 8.04. The van der Waals surface area contributed by atoms with Crippen molar-refractivity contribution in [1.29, 1.82) is 5.26 Å². The quantitative estimate of drug-likeness (QED) is 0.673. The van der Waals surface area contributed by atoms with Gasteiger partial charge in [-0.15, -0.1) is 0 Å². The summed E-state index contributed by atoms with van der Waals surface area (Å²) >= 11 is 6.53. The number of hydrogen-bond donors (Lipinski definition) is 0. The molecule has 94 valence electrons. The Bertz CT molecular complexity index is 840. The van der Waals surface area contributed by atoms with E-state index in [1.165, 1.54) is 0 Å². The predicted octanol–water partition coefficient (Wildman–Crippen LogP) is 3.88. The van der Waals surface area contributed by atoms with E-state index in [1.54, 1.807) is 0 Å². The molecule has 0 aliphatic carbocycles. The fourth-order valence-electron chi connectivity index (χ4n) is 2.57. The first kappa shape index (κ1) is 12.0. The Labute approximate surface area is 116 Å². The Kier molecular flexibility index (Phi) is 2.69. The average molecular weight is 270 g/mol. The summed E-state index contributed by atoms with van der Waals surface area (Å²) in [6.07, 6.45) is 2.72. The van der Waals surface area contributed by atoms with E-state index in [9.17, 15) is 5.26 Å². The molecule has 2 aromatic heterocycles. The van der Waals surface area contributed by atoms with E-state index in [4.69, 9.17) is 11.6 Å². The number of hydrogen-bond acceptors (Lipinski definition) is 2. The van der Waals surface area contributed by atoms with Gasteiger partial charge >= 0.3 is 0 Å². The molecule has 1 aromatic carbocycles. The Morgan fingerprint density at radius 3 is 2.89 bits per heavy atom. The highest BCUT2D eigenvalue weighted by Gasteiger charge is 2.18. The molecule has 0 unspecified atom stereocenters. The third kappa shape index (κ3) is 1.54. The summed E-state index contributed by atoms with van der Waals surface area (Å²) in [4.78, 5) is 4.54. The third-order valence-corrected chi connectivity index (χ3v) is 3.94. The SMILES string of the molecule is CCc1c(C)c(C#N)c2nc3ccccn3c2c1Cl. The molecule has 0 N–H and O–H groups in total. The van der Waals surface area contributed by atoms with Crippen molar-refractivity contribution in [2.75, 3.05) is 0 Å². The van der Waals surface area contributed by atoms with E-state index in [-0.39, 0.29) is 0 Å². The highest BCUT2D eigenvalue weighted by molar-refractivity contribution is 6.36. The van der Waals surface area contributed by atoms with E-state index in [2.05, 4.69) is 11.1 Å². The van der Waals surface area contributed by atoms with Crippen molar-refractivity contribution in [2.24, 2.45) is 0 Å². The molecule has 0 atom stereocenters. The minimum atomic E-state index is 0.625. The molecule has 0 fully saturated rings. The highest BCUT2D eigenvalue weighted by atomic mass is 35.5. The van der Waals surface area contributed by atoms with Crippen LogP contribution < -0.4 is 0 Å². The molecule has 3 rings (SSSR count). The second-order valence-electron chi connectivity index (χ2n) is 4.50. The van der Waals surface area contributed by atoms with Crippen molar-refractivity contribution < 1.29 is 0 Å². The molecule has 4 heteroatoms. The topological polar surface area (TPSA) is 41.1 Å². The Morgan fingerprint density at radius 1 is 1.42 bits per heavy atom. The largest absolute Gasteiger partial charge is 0.298 e. The minimum absolute atomic E-state index is 0.625. The molecule has 0 saturated heterocycles.